The number of aryl methyl sites for hydroxylation is 2. The third kappa shape index (κ3) is 95.1. The molecule has 2 atom stereocenters. The van der Waals surface area contributed by atoms with E-state index in [0.29, 0.717) is 28.1 Å². The molecule has 0 spiro atoms. The molecule has 0 aliphatic heterocycles. The highest BCUT2D eigenvalue weighted by Crippen LogP contribution is 2.36. The molecule has 0 saturated heterocycles. The first-order valence-electron chi connectivity index (χ1n) is 53.6. The summed E-state index contributed by atoms with van der Waals surface area (Å²) in [6.07, 6.45) is 57.9. The molecule has 1 aliphatic carbocycles. The summed E-state index contributed by atoms with van der Waals surface area (Å²) in [6.45, 7) is 74.9. The fourth-order valence-corrected chi connectivity index (χ4v) is 16.8. The summed E-state index contributed by atoms with van der Waals surface area (Å²) in [7, 11) is 4.23. The Hall–Kier alpha value is -2.48. The van der Waals surface area contributed by atoms with Gasteiger partial charge in [-0.15, -0.1) is 0 Å². The van der Waals surface area contributed by atoms with Gasteiger partial charge in [-0.2, -0.15) is 0 Å². The monoisotopic (exact) mass is 1800 g/mol. The lowest BCUT2D eigenvalue weighted by atomic mass is 9.78. The lowest BCUT2D eigenvalue weighted by Crippen LogP contribution is -2.23. The van der Waals surface area contributed by atoms with Crippen molar-refractivity contribution < 1.29 is 0 Å². The summed E-state index contributed by atoms with van der Waals surface area (Å²) < 4.78 is 0. The standard InChI is InChI=1S/2C14H32N2.C13H21N.C12H19N.C12H27N.C11H26N2.C11H23N.2C9H22N2.C7H17N/c1-14(2)10-9-13-16-12-8-6-4-3-5-7-11-15;1-14(2,11-9-13-16)10-7-5-3-4-6-8-12-15;1-7(2)12-8(3)10(5)13(14)11(6)9(12)4;1-7(2)11-8(3)6-9(4)12(13)10(11)5;1-12(2)10-8-6-4-3-5-7-9-11-13;1-11(2,8-10-13)7-5-3-4-6-9-12;1-9(2)6-10-4-3-5-11(7-10)8-12;1-9(2)5-3-7-11-8-4-6-10;1-9(2,5-3-7-10)6-4-8-11;1-7(2)5-6-8(3)4/h14,16H,3-13,15H2,1-2H3;3-13,15-16H2,1-2H3;7H,14H2,1-6H3;6-7H,13H2,1-5H3;12H,3-11,13H2,1-2H3;3-10,12-13H2,1-2H3;9-11H,3-8,12H2,1-2H3;9,11H,3-8,10H2,1-2H3;3-8,10-11H2,1-2H3;7H,5-6H2,1-4H3. The first-order valence-corrected chi connectivity index (χ1v) is 53.6. The van der Waals surface area contributed by atoms with Crippen LogP contribution in [0.5, 0.6) is 0 Å². The molecular weight excluding hydrogens is 1560 g/mol. The summed E-state index contributed by atoms with van der Waals surface area (Å²) in [6, 6.07) is 2.18. The minimum atomic E-state index is 0.442. The second-order valence-corrected chi connectivity index (χ2v) is 43.7. The minimum Gasteiger partial charge on any atom is -0.398 e. The van der Waals surface area contributed by atoms with Gasteiger partial charge in [0.05, 0.1) is 0 Å². The summed E-state index contributed by atoms with van der Waals surface area (Å²) in [5.41, 5.74) is 82.0. The van der Waals surface area contributed by atoms with Gasteiger partial charge in [-0.3, -0.25) is 0 Å². The summed E-state index contributed by atoms with van der Waals surface area (Å²) in [5.74, 6) is 7.24. The van der Waals surface area contributed by atoms with E-state index in [1.54, 1.807) is 0 Å². The van der Waals surface area contributed by atoms with Crippen molar-refractivity contribution in [3.8, 4) is 0 Å². The maximum absolute atomic E-state index is 6.05. The molecule has 1 fully saturated rings. The van der Waals surface area contributed by atoms with Crippen LogP contribution in [0.25, 0.3) is 0 Å². The van der Waals surface area contributed by atoms with Gasteiger partial charge in [0.2, 0.25) is 0 Å². The van der Waals surface area contributed by atoms with Crippen LogP contribution in [0.1, 0.15) is 483 Å². The average Bonchev–Trinajstić information content (AvgIpc) is 0.795. The van der Waals surface area contributed by atoms with Crippen LogP contribution in [-0.4, -0.2) is 117 Å². The van der Waals surface area contributed by atoms with Crippen LogP contribution in [0.15, 0.2) is 6.07 Å². The zero-order valence-corrected chi connectivity index (χ0v) is 91.9. The lowest BCUT2D eigenvalue weighted by molar-refractivity contribution is 0.240. The summed E-state index contributed by atoms with van der Waals surface area (Å²) in [4.78, 5) is 2.22. The molecule has 0 radical (unpaired) electrons. The van der Waals surface area contributed by atoms with Gasteiger partial charge in [0, 0.05) is 11.4 Å². The van der Waals surface area contributed by atoms with E-state index in [2.05, 4.69) is 223 Å². The van der Waals surface area contributed by atoms with Crippen molar-refractivity contribution in [3.63, 3.8) is 0 Å². The van der Waals surface area contributed by atoms with Crippen molar-refractivity contribution in [1.82, 2.24) is 15.5 Å². The lowest BCUT2D eigenvalue weighted by Gasteiger charge is -2.29. The number of nitrogens with zero attached hydrogens (tertiary/aromatic N) is 1. The average molecular weight is 1800 g/mol. The highest BCUT2D eigenvalue weighted by molar-refractivity contribution is 5.63. The first kappa shape index (κ1) is 138. The van der Waals surface area contributed by atoms with Gasteiger partial charge >= 0.3 is 0 Å². The molecule has 764 valence electrons. The van der Waals surface area contributed by atoms with Gasteiger partial charge in [-0.25, -0.2) is 0 Å². The third-order valence-corrected chi connectivity index (χ3v) is 25.4. The summed E-state index contributed by atoms with van der Waals surface area (Å²) >= 11 is 0. The van der Waals surface area contributed by atoms with Crippen LogP contribution < -0.4 is 79.4 Å². The Balaban J connectivity index is -0.000000253. The predicted octanol–water partition coefficient (Wildman–Crippen LogP) is 26.9. The van der Waals surface area contributed by atoms with Crippen LogP contribution >= 0.6 is 0 Å². The molecule has 1 aliphatic rings. The normalized spacial score (nSPS) is 13.3. The SMILES string of the molecule is CC(C)(CCCN)CCCCCCCCN.CC(C)(CCCN)CCCN.CC(C)(CCN)CCCCCCN.CC(C)CC1CCCC(CN)C1.CC(C)CCCCCCCCCN.CC(C)CCCNCCCCCCCCN.CC(C)CCCNCCCN.CC(C)CCN(C)C.Cc1c(C)c(C(C)C)c(C)c(C)c1N.Cc1cc(C)c(C(C)C)c(C)c1N. The van der Waals surface area contributed by atoms with Gasteiger partial charge in [-0.05, 0) is 428 Å². The quantitative estimate of drug-likeness (QED) is 0.0216. The molecule has 15 nitrogen and oxygen atoms in total. The Morgan fingerprint density at radius 1 is 0.307 bits per heavy atom. The molecule has 0 heterocycles. The number of hydrogen-bond donors (Lipinski definition) is 14. The molecule has 15 heteroatoms. The molecule has 1 saturated carbocycles. The minimum absolute atomic E-state index is 0.442. The number of unbranched alkanes of at least 4 members (excludes halogenated alkanes) is 19. The Morgan fingerprint density at radius 3 is 0.937 bits per heavy atom. The molecule has 2 unspecified atom stereocenters. The Bertz CT molecular complexity index is 2530. The van der Waals surface area contributed by atoms with Crippen molar-refractivity contribution in [2.45, 2.75) is 481 Å². The van der Waals surface area contributed by atoms with Crippen LogP contribution in [0, 0.1) is 106 Å². The van der Waals surface area contributed by atoms with E-state index in [1.807, 2.05) is 0 Å². The van der Waals surface area contributed by atoms with E-state index >= 15 is 0 Å². The number of nitrogen functional groups attached to an aromatic ring is 2. The van der Waals surface area contributed by atoms with Crippen LogP contribution in [0.4, 0.5) is 11.4 Å². The largest absolute Gasteiger partial charge is 0.398 e. The predicted molar refractivity (Wildman–Crippen MR) is 584 cm³/mol. The van der Waals surface area contributed by atoms with E-state index in [0.717, 1.165) is 157 Å². The molecule has 26 N–H and O–H groups in total. The molecular formula is C112H241N15. The van der Waals surface area contributed by atoms with Crippen molar-refractivity contribution in [2.24, 2.45) is 115 Å². The molecule has 2 aromatic carbocycles. The maximum atomic E-state index is 6.05. The van der Waals surface area contributed by atoms with Gasteiger partial charge in [-0.1, -0.05) is 279 Å². The number of hydrogen-bond acceptors (Lipinski definition) is 15. The Morgan fingerprint density at radius 2 is 0.614 bits per heavy atom. The second kappa shape index (κ2) is 93.9. The third-order valence-electron chi connectivity index (χ3n) is 25.4. The molecule has 0 amide bonds. The van der Waals surface area contributed by atoms with Gasteiger partial charge < -0.3 is 84.3 Å². The van der Waals surface area contributed by atoms with E-state index in [-0.39, 0.29) is 0 Å². The van der Waals surface area contributed by atoms with Crippen LogP contribution in [0.2, 0.25) is 0 Å². The zero-order valence-electron chi connectivity index (χ0n) is 91.9. The maximum Gasteiger partial charge on any atom is 0.0378 e. The topological polar surface area (TPSA) is 340 Å². The smallest absolute Gasteiger partial charge is 0.0378 e. The summed E-state index contributed by atoms with van der Waals surface area (Å²) in [5, 5.41) is 6.88. The molecule has 127 heavy (non-hydrogen) atoms. The second-order valence-electron chi connectivity index (χ2n) is 43.7. The number of nitrogens with one attached hydrogen (secondary N) is 2. The van der Waals surface area contributed by atoms with E-state index in [4.69, 9.17) is 68.8 Å². The highest BCUT2D eigenvalue weighted by atomic mass is 15.0. The van der Waals surface area contributed by atoms with E-state index < -0.39 is 0 Å². The van der Waals surface area contributed by atoms with E-state index in [1.165, 1.54) is 327 Å². The van der Waals surface area contributed by atoms with Crippen molar-refractivity contribution in [3.05, 3.63) is 56.1 Å². The molecule has 2 aromatic rings. The number of benzene rings is 2. The fourth-order valence-electron chi connectivity index (χ4n) is 16.8. The fraction of sp³-hybridized carbons (Fsp3) is 0.893. The molecule has 0 aromatic heterocycles. The number of anilines is 2. The first-order chi connectivity index (χ1) is 59.8. The number of nitrogens with two attached hydrogens (primary N) is 12. The van der Waals surface area contributed by atoms with Gasteiger partial charge in [0.15, 0.2) is 0 Å². The highest BCUT2D eigenvalue weighted by Gasteiger charge is 2.23. The Kier molecular flexibility index (Phi) is 102. The van der Waals surface area contributed by atoms with Crippen LogP contribution in [0.3, 0.4) is 0 Å². The van der Waals surface area contributed by atoms with Crippen LogP contribution in [-0.2, 0) is 0 Å². The molecule has 0 bridgehead atoms. The zero-order chi connectivity index (χ0) is 98.5. The van der Waals surface area contributed by atoms with Crippen molar-refractivity contribution in [2.75, 3.05) is 124 Å². The van der Waals surface area contributed by atoms with Crippen molar-refractivity contribution >= 4 is 11.4 Å². The number of rotatable bonds is 61. The van der Waals surface area contributed by atoms with Gasteiger partial charge in [0.1, 0.15) is 0 Å². The van der Waals surface area contributed by atoms with Crippen molar-refractivity contribution in [1.29, 1.82) is 0 Å². The van der Waals surface area contributed by atoms with Gasteiger partial charge in [0.25, 0.3) is 0 Å². The Labute approximate surface area is 798 Å². The molecule has 3 rings (SSSR count). The van der Waals surface area contributed by atoms with E-state index in [9.17, 15) is 0 Å².